The van der Waals surface area contributed by atoms with Crippen molar-refractivity contribution < 1.29 is 18.3 Å². The molecule has 0 aliphatic heterocycles. The number of carboxylic acids is 1. The Morgan fingerprint density at radius 1 is 1.38 bits per heavy atom. The van der Waals surface area contributed by atoms with Crippen molar-refractivity contribution in [3.05, 3.63) is 11.4 Å². The van der Waals surface area contributed by atoms with Gasteiger partial charge in [0, 0.05) is 5.54 Å². The zero-order valence-corrected chi connectivity index (χ0v) is 13.9. The highest BCUT2D eigenvalue weighted by molar-refractivity contribution is 7.89. The first kappa shape index (κ1) is 17.6. The average Bonchev–Trinajstić information content (AvgIpc) is 2.51. The van der Waals surface area contributed by atoms with Crippen LogP contribution in [0.15, 0.2) is 4.90 Å². The summed E-state index contributed by atoms with van der Waals surface area (Å²) < 4.78 is 29.0. The molecule has 1 aromatic heterocycles. The van der Waals surface area contributed by atoms with Crippen LogP contribution in [0.5, 0.6) is 0 Å². The molecule has 1 rings (SSSR count). The molecule has 0 aliphatic carbocycles. The molecule has 0 fully saturated rings. The van der Waals surface area contributed by atoms with Gasteiger partial charge in [0.25, 0.3) is 0 Å². The summed E-state index contributed by atoms with van der Waals surface area (Å²) in [4.78, 5) is 10.8. The molecule has 0 aromatic carbocycles. The predicted octanol–water partition coefficient (Wildman–Crippen LogP) is 1.44. The van der Waals surface area contributed by atoms with Gasteiger partial charge in [-0.25, -0.2) is 13.1 Å². The summed E-state index contributed by atoms with van der Waals surface area (Å²) in [5, 5.41) is 12.8. The highest BCUT2D eigenvalue weighted by atomic mass is 32.2. The number of rotatable bonds is 7. The van der Waals surface area contributed by atoms with Crippen LogP contribution in [-0.4, -0.2) is 34.8 Å². The Balaban J connectivity index is 3.20. The van der Waals surface area contributed by atoms with Crippen molar-refractivity contribution in [2.45, 2.75) is 64.4 Å². The second kappa shape index (κ2) is 6.15. The minimum atomic E-state index is -3.74. The lowest BCUT2D eigenvalue weighted by atomic mass is 10.0. The maximum absolute atomic E-state index is 12.6. The molecular formula is C13H23N3O4S. The van der Waals surface area contributed by atoms with E-state index in [0.29, 0.717) is 17.8 Å². The fraction of sp³-hybridized carbons (Fsp3) is 0.692. The molecule has 120 valence electrons. The quantitative estimate of drug-likeness (QED) is 0.792. The van der Waals surface area contributed by atoms with Gasteiger partial charge in [0.15, 0.2) is 0 Å². The van der Waals surface area contributed by atoms with Crippen molar-refractivity contribution in [3.8, 4) is 0 Å². The minimum Gasteiger partial charge on any atom is -0.480 e. The van der Waals surface area contributed by atoms with E-state index in [9.17, 15) is 13.2 Å². The van der Waals surface area contributed by atoms with Crippen LogP contribution in [0.1, 0.15) is 45.0 Å². The standard InChI is InChI=1S/C13H23N3O4S/c1-6-7-13(4,5)15-21(19,20)12-9(2)14-16(10(12)3)8-11(17)18/h15H,6-8H2,1-5H3,(H,17,18). The molecule has 7 nitrogen and oxygen atoms in total. The molecule has 0 saturated heterocycles. The number of sulfonamides is 1. The molecule has 8 heteroatoms. The molecule has 2 N–H and O–H groups in total. The summed E-state index contributed by atoms with van der Waals surface area (Å²) in [7, 11) is -3.74. The Morgan fingerprint density at radius 2 is 1.95 bits per heavy atom. The highest BCUT2D eigenvalue weighted by Crippen LogP contribution is 2.22. The number of hydrogen-bond donors (Lipinski definition) is 2. The normalized spacial score (nSPS) is 12.6. The lowest BCUT2D eigenvalue weighted by Crippen LogP contribution is -2.43. The third-order valence-corrected chi connectivity index (χ3v) is 5.10. The van der Waals surface area contributed by atoms with Gasteiger partial charge in [0.2, 0.25) is 10.0 Å². The number of hydrogen-bond acceptors (Lipinski definition) is 4. The van der Waals surface area contributed by atoms with Gasteiger partial charge in [-0.3, -0.25) is 9.48 Å². The van der Waals surface area contributed by atoms with E-state index >= 15 is 0 Å². The van der Waals surface area contributed by atoms with Crippen molar-refractivity contribution >= 4 is 16.0 Å². The molecule has 0 unspecified atom stereocenters. The molecule has 0 aliphatic rings. The van der Waals surface area contributed by atoms with Crippen LogP contribution in [0.4, 0.5) is 0 Å². The zero-order valence-electron chi connectivity index (χ0n) is 13.1. The molecule has 0 spiro atoms. The summed E-state index contributed by atoms with van der Waals surface area (Å²) in [5.74, 6) is -1.07. The Labute approximate surface area is 125 Å². The zero-order chi connectivity index (χ0) is 16.4. The van der Waals surface area contributed by atoms with Crippen molar-refractivity contribution in [1.82, 2.24) is 14.5 Å². The topological polar surface area (TPSA) is 101 Å². The molecule has 0 atom stereocenters. The number of aromatic nitrogens is 2. The minimum absolute atomic E-state index is 0.0629. The number of aryl methyl sites for hydroxylation is 1. The number of carbonyl (C=O) groups is 1. The maximum Gasteiger partial charge on any atom is 0.325 e. The molecule has 0 amide bonds. The third kappa shape index (κ3) is 4.28. The van der Waals surface area contributed by atoms with Crippen LogP contribution in [0.2, 0.25) is 0 Å². The molecule has 21 heavy (non-hydrogen) atoms. The van der Waals surface area contributed by atoms with Gasteiger partial charge < -0.3 is 5.11 Å². The average molecular weight is 317 g/mol. The van der Waals surface area contributed by atoms with Crippen LogP contribution in [0, 0.1) is 13.8 Å². The third-order valence-electron chi connectivity index (χ3n) is 3.15. The Hall–Kier alpha value is -1.41. The summed E-state index contributed by atoms with van der Waals surface area (Å²) >= 11 is 0. The van der Waals surface area contributed by atoms with E-state index < -0.39 is 21.5 Å². The maximum atomic E-state index is 12.6. The number of nitrogens with one attached hydrogen (secondary N) is 1. The molecule has 0 bridgehead atoms. The summed E-state index contributed by atoms with van der Waals surface area (Å²) in [6.07, 6.45) is 1.55. The van der Waals surface area contributed by atoms with E-state index in [1.807, 2.05) is 20.8 Å². The van der Waals surface area contributed by atoms with Gasteiger partial charge >= 0.3 is 5.97 Å². The molecule has 0 saturated carbocycles. The van der Waals surface area contributed by atoms with Crippen LogP contribution in [0.25, 0.3) is 0 Å². The van der Waals surface area contributed by atoms with Gasteiger partial charge in [-0.15, -0.1) is 0 Å². The van der Waals surface area contributed by atoms with E-state index in [1.54, 1.807) is 13.8 Å². The lowest BCUT2D eigenvalue weighted by molar-refractivity contribution is -0.137. The first-order chi connectivity index (χ1) is 9.50. The van der Waals surface area contributed by atoms with Gasteiger partial charge in [0.05, 0.1) is 11.4 Å². The summed E-state index contributed by atoms with van der Waals surface area (Å²) in [6, 6.07) is 0. The van der Waals surface area contributed by atoms with Crippen LogP contribution in [0.3, 0.4) is 0 Å². The van der Waals surface area contributed by atoms with E-state index in [0.717, 1.165) is 6.42 Å². The Bertz CT molecular complexity index is 632. The van der Waals surface area contributed by atoms with E-state index in [1.165, 1.54) is 4.68 Å². The van der Waals surface area contributed by atoms with E-state index in [2.05, 4.69) is 9.82 Å². The number of aliphatic carboxylic acids is 1. The SMILES string of the molecule is CCCC(C)(C)NS(=O)(=O)c1c(C)nn(CC(=O)O)c1C. The monoisotopic (exact) mass is 317 g/mol. The van der Waals surface area contributed by atoms with E-state index in [-0.39, 0.29) is 11.4 Å². The smallest absolute Gasteiger partial charge is 0.325 e. The summed E-state index contributed by atoms with van der Waals surface area (Å²) in [5.41, 5.74) is 0.0599. The molecular weight excluding hydrogens is 294 g/mol. The fourth-order valence-electron chi connectivity index (χ4n) is 2.44. The first-order valence-corrected chi connectivity index (χ1v) is 8.28. The summed E-state index contributed by atoms with van der Waals surface area (Å²) in [6.45, 7) is 8.38. The van der Waals surface area contributed by atoms with Gasteiger partial charge in [-0.2, -0.15) is 5.10 Å². The van der Waals surface area contributed by atoms with Crippen molar-refractivity contribution in [1.29, 1.82) is 0 Å². The largest absolute Gasteiger partial charge is 0.480 e. The van der Waals surface area contributed by atoms with Gasteiger partial charge in [-0.05, 0) is 34.1 Å². The van der Waals surface area contributed by atoms with E-state index in [4.69, 9.17) is 5.11 Å². The van der Waals surface area contributed by atoms with Gasteiger partial charge in [0.1, 0.15) is 11.4 Å². The second-order valence-electron chi connectivity index (χ2n) is 5.79. The Kier molecular flexibility index (Phi) is 5.16. The van der Waals surface area contributed by atoms with Crippen molar-refractivity contribution in [2.75, 3.05) is 0 Å². The molecule has 0 radical (unpaired) electrons. The van der Waals surface area contributed by atoms with Crippen LogP contribution < -0.4 is 4.72 Å². The van der Waals surface area contributed by atoms with Crippen LogP contribution in [-0.2, 0) is 21.4 Å². The van der Waals surface area contributed by atoms with Crippen LogP contribution >= 0.6 is 0 Å². The highest BCUT2D eigenvalue weighted by Gasteiger charge is 2.30. The van der Waals surface area contributed by atoms with Crippen molar-refractivity contribution in [2.24, 2.45) is 0 Å². The fourth-order valence-corrected chi connectivity index (χ4v) is 4.30. The lowest BCUT2D eigenvalue weighted by Gasteiger charge is -2.25. The molecule has 1 heterocycles. The van der Waals surface area contributed by atoms with Crippen molar-refractivity contribution in [3.63, 3.8) is 0 Å². The first-order valence-electron chi connectivity index (χ1n) is 6.80. The molecule has 1 aromatic rings. The number of carboxylic acid groups (broad SMARTS) is 1. The second-order valence-corrected chi connectivity index (χ2v) is 7.41. The predicted molar refractivity (Wildman–Crippen MR) is 78.6 cm³/mol. The Morgan fingerprint density at radius 3 is 2.43 bits per heavy atom. The number of nitrogens with zero attached hydrogens (tertiary/aromatic N) is 2. The van der Waals surface area contributed by atoms with Gasteiger partial charge in [-0.1, -0.05) is 13.3 Å².